The van der Waals surface area contributed by atoms with E-state index in [9.17, 15) is 4.79 Å². The number of likely N-dealkylation sites (N-methyl/N-ethyl adjacent to an activating group) is 1. The SMILES string of the molecule is CCN(CC1CCCN1)C(=O)c1ncccc1C. The molecule has 1 aromatic rings. The zero-order chi connectivity index (χ0) is 13.0. The molecular formula is C14H21N3O. The molecule has 2 rings (SSSR count). The molecule has 98 valence electrons. The maximum Gasteiger partial charge on any atom is 0.272 e. The van der Waals surface area contributed by atoms with Gasteiger partial charge in [0.2, 0.25) is 0 Å². The lowest BCUT2D eigenvalue weighted by molar-refractivity contribution is 0.0744. The van der Waals surface area contributed by atoms with E-state index in [1.54, 1.807) is 6.20 Å². The lowest BCUT2D eigenvalue weighted by atomic mass is 10.1. The molecule has 0 bridgehead atoms. The highest BCUT2D eigenvalue weighted by atomic mass is 16.2. The van der Waals surface area contributed by atoms with Gasteiger partial charge in [0.1, 0.15) is 5.69 Å². The highest BCUT2D eigenvalue weighted by molar-refractivity contribution is 5.93. The fraction of sp³-hybridized carbons (Fsp3) is 0.571. The smallest absolute Gasteiger partial charge is 0.272 e. The summed E-state index contributed by atoms with van der Waals surface area (Å²) in [7, 11) is 0. The Morgan fingerprint density at radius 3 is 3.06 bits per heavy atom. The fourth-order valence-electron chi connectivity index (χ4n) is 2.39. The van der Waals surface area contributed by atoms with Gasteiger partial charge < -0.3 is 10.2 Å². The second-order valence-electron chi connectivity index (χ2n) is 4.81. The minimum Gasteiger partial charge on any atom is -0.336 e. The molecule has 1 saturated heterocycles. The van der Waals surface area contributed by atoms with E-state index in [0.717, 1.165) is 31.6 Å². The van der Waals surface area contributed by atoms with Gasteiger partial charge in [0.25, 0.3) is 5.91 Å². The Kier molecular flexibility index (Phi) is 4.31. The van der Waals surface area contributed by atoms with E-state index >= 15 is 0 Å². The minimum absolute atomic E-state index is 0.0456. The Hall–Kier alpha value is -1.42. The molecule has 1 atom stereocenters. The van der Waals surface area contributed by atoms with Crippen LogP contribution in [-0.4, -0.2) is 41.5 Å². The number of pyridine rings is 1. The summed E-state index contributed by atoms with van der Waals surface area (Å²) in [6, 6.07) is 4.24. The molecule has 1 unspecified atom stereocenters. The third-order valence-corrected chi connectivity index (χ3v) is 3.48. The summed E-state index contributed by atoms with van der Waals surface area (Å²) in [5.74, 6) is 0.0456. The van der Waals surface area contributed by atoms with Crippen molar-refractivity contribution in [2.45, 2.75) is 32.7 Å². The number of nitrogens with one attached hydrogen (secondary N) is 1. The van der Waals surface area contributed by atoms with Crippen LogP contribution in [0.2, 0.25) is 0 Å². The molecular weight excluding hydrogens is 226 g/mol. The van der Waals surface area contributed by atoms with Gasteiger partial charge in [0.05, 0.1) is 0 Å². The highest BCUT2D eigenvalue weighted by Gasteiger charge is 2.22. The molecule has 1 aliphatic rings. The second-order valence-corrected chi connectivity index (χ2v) is 4.81. The van der Waals surface area contributed by atoms with Gasteiger partial charge in [-0.1, -0.05) is 6.07 Å². The molecule has 2 heterocycles. The van der Waals surface area contributed by atoms with Gasteiger partial charge in [0.15, 0.2) is 0 Å². The molecule has 1 fully saturated rings. The van der Waals surface area contributed by atoms with Gasteiger partial charge in [-0.15, -0.1) is 0 Å². The van der Waals surface area contributed by atoms with Crippen molar-refractivity contribution in [1.29, 1.82) is 0 Å². The predicted octanol–water partition coefficient (Wildman–Crippen LogP) is 1.60. The van der Waals surface area contributed by atoms with Crippen LogP contribution >= 0.6 is 0 Å². The molecule has 0 spiro atoms. The fourth-order valence-corrected chi connectivity index (χ4v) is 2.39. The summed E-state index contributed by atoms with van der Waals surface area (Å²) in [5, 5.41) is 3.43. The Morgan fingerprint density at radius 1 is 1.61 bits per heavy atom. The third-order valence-electron chi connectivity index (χ3n) is 3.48. The number of carbonyl (C=O) groups excluding carboxylic acids is 1. The Morgan fingerprint density at radius 2 is 2.44 bits per heavy atom. The van der Waals surface area contributed by atoms with Gasteiger partial charge in [-0.25, -0.2) is 0 Å². The van der Waals surface area contributed by atoms with Crippen LogP contribution < -0.4 is 5.32 Å². The van der Waals surface area contributed by atoms with Crippen molar-refractivity contribution in [3.05, 3.63) is 29.6 Å². The van der Waals surface area contributed by atoms with E-state index in [2.05, 4.69) is 10.3 Å². The van der Waals surface area contributed by atoms with E-state index in [0.29, 0.717) is 11.7 Å². The number of amides is 1. The Balaban J connectivity index is 2.07. The van der Waals surface area contributed by atoms with Gasteiger partial charge in [-0.05, 0) is 44.9 Å². The van der Waals surface area contributed by atoms with Crippen LogP contribution in [-0.2, 0) is 0 Å². The van der Waals surface area contributed by atoms with Crippen molar-refractivity contribution in [2.75, 3.05) is 19.6 Å². The average Bonchev–Trinajstić information content (AvgIpc) is 2.88. The number of hydrogen-bond donors (Lipinski definition) is 1. The van der Waals surface area contributed by atoms with Gasteiger partial charge in [-0.2, -0.15) is 0 Å². The van der Waals surface area contributed by atoms with E-state index in [1.165, 1.54) is 6.42 Å². The van der Waals surface area contributed by atoms with E-state index in [-0.39, 0.29) is 5.91 Å². The largest absolute Gasteiger partial charge is 0.336 e. The lowest BCUT2D eigenvalue weighted by Gasteiger charge is -2.24. The number of nitrogens with zero attached hydrogens (tertiary/aromatic N) is 2. The van der Waals surface area contributed by atoms with E-state index in [1.807, 2.05) is 30.9 Å². The van der Waals surface area contributed by atoms with Crippen molar-refractivity contribution < 1.29 is 4.79 Å². The third kappa shape index (κ3) is 2.88. The van der Waals surface area contributed by atoms with Crippen LogP contribution in [0, 0.1) is 6.92 Å². The molecule has 0 aliphatic carbocycles. The zero-order valence-corrected chi connectivity index (χ0v) is 11.1. The molecule has 4 heteroatoms. The van der Waals surface area contributed by atoms with E-state index in [4.69, 9.17) is 0 Å². The standard InChI is InChI=1S/C14H21N3O/c1-3-17(10-12-7-5-8-15-12)14(18)13-11(2)6-4-9-16-13/h4,6,9,12,15H,3,5,7-8,10H2,1-2H3. The summed E-state index contributed by atoms with van der Waals surface area (Å²) in [6.45, 7) is 6.53. The maximum atomic E-state index is 12.4. The second kappa shape index (κ2) is 5.96. The minimum atomic E-state index is 0.0456. The van der Waals surface area contributed by atoms with Gasteiger partial charge in [0, 0.05) is 25.3 Å². The first-order valence-electron chi connectivity index (χ1n) is 6.66. The molecule has 4 nitrogen and oxygen atoms in total. The predicted molar refractivity (Wildman–Crippen MR) is 71.6 cm³/mol. The lowest BCUT2D eigenvalue weighted by Crippen LogP contribution is -2.41. The van der Waals surface area contributed by atoms with Crippen molar-refractivity contribution in [1.82, 2.24) is 15.2 Å². The normalized spacial score (nSPS) is 18.9. The molecule has 1 amide bonds. The first-order valence-corrected chi connectivity index (χ1v) is 6.66. The summed E-state index contributed by atoms with van der Waals surface area (Å²) < 4.78 is 0. The number of rotatable bonds is 4. The van der Waals surface area contributed by atoms with Crippen molar-refractivity contribution in [3.63, 3.8) is 0 Å². The molecule has 18 heavy (non-hydrogen) atoms. The molecule has 0 saturated carbocycles. The summed E-state index contributed by atoms with van der Waals surface area (Å²) >= 11 is 0. The topological polar surface area (TPSA) is 45.2 Å². The van der Waals surface area contributed by atoms with Crippen molar-refractivity contribution in [2.24, 2.45) is 0 Å². The number of aryl methyl sites for hydroxylation is 1. The number of aromatic nitrogens is 1. The Labute approximate surface area is 108 Å². The van der Waals surface area contributed by atoms with Crippen LogP contribution in [0.4, 0.5) is 0 Å². The quantitative estimate of drug-likeness (QED) is 0.879. The zero-order valence-electron chi connectivity index (χ0n) is 11.1. The Bertz CT molecular complexity index is 413. The molecule has 1 N–H and O–H groups in total. The van der Waals surface area contributed by atoms with Crippen LogP contribution in [0.3, 0.4) is 0 Å². The van der Waals surface area contributed by atoms with Crippen LogP contribution in [0.25, 0.3) is 0 Å². The number of carbonyl (C=O) groups is 1. The molecule has 0 aromatic carbocycles. The highest BCUT2D eigenvalue weighted by Crippen LogP contribution is 2.11. The molecule has 0 radical (unpaired) electrons. The summed E-state index contributed by atoms with van der Waals surface area (Å²) in [6.07, 6.45) is 4.05. The monoisotopic (exact) mass is 247 g/mol. The van der Waals surface area contributed by atoms with Gasteiger partial charge >= 0.3 is 0 Å². The first-order chi connectivity index (χ1) is 8.72. The number of hydrogen-bond acceptors (Lipinski definition) is 3. The molecule has 1 aliphatic heterocycles. The van der Waals surface area contributed by atoms with E-state index < -0.39 is 0 Å². The van der Waals surface area contributed by atoms with Crippen LogP contribution in [0.15, 0.2) is 18.3 Å². The molecule has 1 aromatic heterocycles. The van der Waals surface area contributed by atoms with Gasteiger partial charge in [-0.3, -0.25) is 9.78 Å². The summed E-state index contributed by atoms with van der Waals surface area (Å²) in [5.41, 5.74) is 1.53. The van der Waals surface area contributed by atoms with Crippen molar-refractivity contribution in [3.8, 4) is 0 Å². The average molecular weight is 247 g/mol. The van der Waals surface area contributed by atoms with Crippen LogP contribution in [0.5, 0.6) is 0 Å². The maximum absolute atomic E-state index is 12.4. The van der Waals surface area contributed by atoms with Crippen molar-refractivity contribution >= 4 is 5.91 Å². The summed E-state index contributed by atoms with van der Waals surface area (Å²) in [4.78, 5) is 18.5. The first kappa shape index (κ1) is 13.0. The van der Waals surface area contributed by atoms with Crippen LogP contribution in [0.1, 0.15) is 35.8 Å².